The lowest BCUT2D eigenvalue weighted by Gasteiger charge is -2.16. The third-order valence-electron chi connectivity index (χ3n) is 2.69. The lowest BCUT2D eigenvalue weighted by Crippen LogP contribution is -2.21. The third-order valence-corrected chi connectivity index (χ3v) is 4.14. The van der Waals surface area contributed by atoms with E-state index in [2.05, 4.69) is 29.6 Å². The quantitative estimate of drug-likeness (QED) is 0.763. The summed E-state index contributed by atoms with van der Waals surface area (Å²) in [5.74, 6) is 0.729. The molecule has 0 unspecified atom stereocenters. The van der Waals surface area contributed by atoms with Gasteiger partial charge in [-0.1, -0.05) is 12.1 Å². The summed E-state index contributed by atoms with van der Waals surface area (Å²) in [6.07, 6.45) is 2.67. The Balaban J connectivity index is 1.79. The van der Waals surface area contributed by atoms with Crippen molar-refractivity contribution in [3.8, 4) is 0 Å². The molecule has 1 aliphatic rings. The zero-order valence-electron chi connectivity index (χ0n) is 10.6. The normalized spacial score (nSPS) is 16.2. The van der Waals surface area contributed by atoms with Crippen molar-refractivity contribution in [1.82, 2.24) is 5.32 Å². The molecule has 0 bridgehead atoms. The molecule has 1 fully saturated rings. The molecule has 0 aliphatic heterocycles. The summed E-state index contributed by atoms with van der Waals surface area (Å²) in [4.78, 5) is 1.22. The van der Waals surface area contributed by atoms with Gasteiger partial charge in [0.25, 0.3) is 0 Å². The fourth-order valence-electron chi connectivity index (χ4n) is 1.51. The Hall–Kier alpha value is -0.510. The van der Waals surface area contributed by atoms with E-state index in [-0.39, 0.29) is 0 Å². The van der Waals surface area contributed by atoms with Gasteiger partial charge < -0.3 is 10.4 Å². The lowest BCUT2D eigenvalue weighted by atomic mass is 10.2. The summed E-state index contributed by atoms with van der Waals surface area (Å²) in [6, 6.07) is 9.38. The van der Waals surface area contributed by atoms with Gasteiger partial charge in [0, 0.05) is 23.2 Å². The van der Waals surface area contributed by atoms with Crippen LogP contribution in [0.15, 0.2) is 29.2 Å². The SMILES string of the molecule is CC(C)(O)CSc1ccc(CNC2CC2)cc1. The van der Waals surface area contributed by atoms with Crippen LogP contribution >= 0.6 is 11.8 Å². The van der Waals surface area contributed by atoms with Gasteiger partial charge in [-0.3, -0.25) is 0 Å². The van der Waals surface area contributed by atoms with Gasteiger partial charge in [-0.15, -0.1) is 11.8 Å². The van der Waals surface area contributed by atoms with E-state index >= 15 is 0 Å². The van der Waals surface area contributed by atoms with Crippen LogP contribution in [0.25, 0.3) is 0 Å². The second-order valence-electron chi connectivity index (χ2n) is 5.40. The summed E-state index contributed by atoms with van der Waals surface area (Å²) >= 11 is 1.70. The van der Waals surface area contributed by atoms with Gasteiger partial charge in [0.1, 0.15) is 0 Å². The van der Waals surface area contributed by atoms with Crippen molar-refractivity contribution < 1.29 is 5.11 Å². The summed E-state index contributed by atoms with van der Waals surface area (Å²) in [5.41, 5.74) is 0.737. The third kappa shape index (κ3) is 5.11. The highest BCUT2D eigenvalue weighted by molar-refractivity contribution is 7.99. The molecule has 0 saturated heterocycles. The molecule has 17 heavy (non-hydrogen) atoms. The largest absolute Gasteiger partial charge is 0.390 e. The smallest absolute Gasteiger partial charge is 0.0685 e. The Morgan fingerprint density at radius 2 is 1.94 bits per heavy atom. The van der Waals surface area contributed by atoms with Crippen molar-refractivity contribution in [1.29, 1.82) is 0 Å². The highest BCUT2D eigenvalue weighted by atomic mass is 32.2. The van der Waals surface area contributed by atoms with Gasteiger partial charge in [-0.25, -0.2) is 0 Å². The van der Waals surface area contributed by atoms with E-state index in [0.717, 1.165) is 18.3 Å². The molecule has 1 aromatic rings. The molecule has 0 aromatic heterocycles. The average molecular weight is 251 g/mol. The Kier molecular flexibility index (Phi) is 4.13. The second-order valence-corrected chi connectivity index (χ2v) is 6.45. The molecule has 2 nitrogen and oxygen atoms in total. The predicted molar refractivity (Wildman–Crippen MR) is 73.3 cm³/mol. The Labute approximate surface area is 108 Å². The molecule has 0 amide bonds. The van der Waals surface area contributed by atoms with E-state index in [1.54, 1.807) is 11.8 Å². The molecule has 2 rings (SSSR count). The number of hydrogen-bond acceptors (Lipinski definition) is 3. The minimum Gasteiger partial charge on any atom is -0.390 e. The fraction of sp³-hybridized carbons (Fsp3) is 0.571. The average Bonchev–Trinajstić information content (AvgIpc) is 3.08. The van der Waals surface area contributed by atoms with Gasteiger partial charge in [-0.2, -0.15) is 0 Å². The Bertz CT molecular complexity index is 351. The van der Waals surface area contributed by atoms with E-state index in [9.17, 15) is 5.11 Å². The van der Waals surface area contributed by atoms with E-state index < -0.39 is 5.60 Å². The summed E-state index contributed by atoms with van der Waals surface area (Å²) in [7, 11) is 0. The molecule has 2 N–H and O–H groups in total. The van der Waals surface area contributed by atoms with Crippen molar-refractivity contribution in [3.05, 3.63) is 29.8 Å². The van der Waals surface area contributed by atoms with Gasteiger partial charge in [0.15, 0.2) is 0 Å². The van der Waals surface area contributed by atoms with Crippen LogP contribution in [-0.2, 0) is 6.54 Å². The van der Waals surface area contributed by atoms with Gasteiger partial charge >= 0.3 is 0 Å². The summed E-state index contributed by atoms with van der Waals surface area (Å²) < 4.78 is 0. The van der Waals surface area contributed by atoms with E-state index in [0.29, 0.717) is 0 Å². The number of aliphatic hydroxyl groups is 1. The molecule has 1 aromatic carbocycles. The molecule has 0 heterocycles. The van der Waals surface area contributed by atoms with E-state index in [1.807, 2.05) is 13.8 Å². The zero-order valence-corrected chi connectivity index (χ0v) is 11.4. The highest BCUT2D eigenvalue weighted by Gasteiger charge is 2.19. The molecular weight excluding hydrogens is 230 g/mol. The number of rotatable bonds is 6. The zero-order chi connectivity index (χ0) is 12.3. The topological polar surface area (TPSA) is 32.3 Å². The fourth-order valence-corrected chi connectivity index (χ4v) is 2.36. The Morgan fingerprint density at radius 3 is 2.47 bits per heavy atom. The second kappa shape index (κ2) is 5.42. The van der Waals surface area contributed by atoms with Crippen molar-refractivity contribution in [3.63, 3.8) is 0 Å². The summed E-state index contributed by atoms with van der Waals surface area (Å²) in [6.45, 7) is 4.66. The van der Waals surface area contributed by atoms with Crippen molar-refractivity contribution in [2.75, 3.05) is 5.75 Å². The van der Waals surface area contributed by atoms with Crippen LogP contribution in [0.1, 0.15) is 32.3 Å². The predicted octanol–water partition coefficient (Wildman–Crippen LogP) is 2.80. The van der Waals surface area contributed by atoms with Crippen LogP contribution in [0, 0.1) is 0 Å². The van der Waals surface area contributed by atoms with Crippen LogP contribution in [0.3, 0.4) is 0 Å². The minimum atomic E-state index is -0.600. The standard InChI is InChI=1S/C14H21NOS/c1-14(2,16)10-17-13-7-3-11(4-8-13)9-15-12-5-6-12/h3-4,7-8,12,15-16H,5-6,9-10H2,1-2H3. The molecule has 0 atom stereocenters. The van der Waals surface area contributed by atoms with Crippen LogP contribution in [0.5, 0.6) is 0 Å². The van der Waals surface area contributed by atoms with E-state index in [4.69, 9.17) is 0 Å². The first-order valence-electron chi connectivity index (χ1n) is 6.20. The number of hydrogen-bond donors (Lipinski definition) is 2. The van der Waals surface area contributed by atoms with Crippen molar-refractivity contribution in [2.24, 2.45) is 0 Å². The number of nitrogens with one attached hydrogen (secondary N) is 1. The first kappa shape index (κ1) is 12.9. The molecule has 94 valence electrons. The monoisotopic (exact) mass is 251 g/mol. The maximum atomic E-state index is 9.65. The molecule has 0 spiro atoms. The van der Waals surface area contributed by atoms with Gasteiger partial charge in [0.05, 0.1) is 5.60 Å². The van der Waals surface area contributed by atoms with Crippen LogP contribution < -0.4 is 5.32 Å². The van der Waals surface area contributed by atoms with Crippen LogP contribution in [0.4, 0.5) is 0 Å². The van der Waals surface area contributed by atoms with Crippen LogP contribution in [-0.4, -0.2) is 22.5 Å². The molecule has 0 radical (unpaired) electrons. The first-order chi connectivity index (χ1) is 8.03. The first-order valence-corrected chi connectivity index (χ1v) is 7.19. The van der Waals surface area contributed by atoms with Gasteiger partial charge in [0.2, 0.25) is 0 Å². The molecule has 1 aliphatic carbocycles. The maximum Gasteiger partial charge on any atom is 0.0685 e. The van der Waals surface area contributed by atoms with E-state index in [1.165, 1.54) is 23.3 Å². The molecule has 1 saturated carbocycles. The summed E-state index contributed by atoms with van der Waals surface area (Å²) in [5, 5.41) is 13.2. The molecule has 3 heteroatoms. The Morgan fingerprint density at radius 1 is 1.29 bits per heavy atom. The minimum absolute atomic E-state index is 0.600. The van der Waals surface area contributed by atoms with Gasteiger partial charge in [-0.05, 0) is 44.4 Å². The lowest BCUT2D eigenvalue weighted by molar-refractivity contribution is 0.107. The van der Waals surface area contributed by atoms with Crippen molar-refractivity contribution >= 4 is 11.8 Å². The maximum absolute atomic E-state index is 9.65. The molecular formula is C14H21NOS. The number of benzene rings is 1. The van der Waals surface area contributed by atoms with Crippen molar-refractivity contribution in [2.45, 2.75) is 49.8 Å². The number of thioether (sulfide) groups is 1. The van der Waals surface area contributed by atoms with Crippen LogP contribution in [0.2, 0.25) is 0 Å². The highest BCUT2D eigenvalue weighted by Crippen LogP contribution is 2.23.